The average Bonchev–Trinajstić information content (AvgIpc) is 2.69. The molecule has 1 aromatic carbocycles. The standard InChI is InChI=1S/C21H27FN4/c22-17-8-4-6-15(12-17)19-13-24-21(23)25-20(19)16-7-5-11-26(14-16)18-9-2-1-3-10-18/h4,6,8,12-13,16,18H,1-3,5,7,9-11,14H2,(H2,23,24,25)/t16-/m1/s1. The summed E-state index contributed by atoms with van der Waals surface area (Å²) in [4.78, 5) is 11.4. The first-order valence-electron chi connectivity index (χ1n) is 9.83. The fourth-order valence-corrected chi connectivity index (χ4v) is 4.61. The summed E-state index contributed by atoms with van der Waals surface area (Å²) in [6.45, 7) is 2.19. The van der Waals surface area contributed by atoms with Gasteiger partial charge in [-0.05, 0) is 49.9 Å². The summed E-state index contributed by atoms with van der Waals surface area (Å²) < 4.78 is 13.7. The zero-order valence-corrected chi connectivity index (χ0v) is 15.2. The summed E-state index contributed by atoms with van der Waals surface area (Å²) in [7, 11) is 0. The number of anilines is 1. The van der Waals surface area contributed by atoms with Crippen LogP contribution in [-0.2, 0) is 0 Å². The van der Waals surface area contributed by atoms with Crippen LogP contribution in [0.3, 0.4) is 0 Å². The summed E-state index contributed by atoms with van der Waals surface area (Å²) in [5.41, 5.74) is 8.63. The summed E-state index contributed by atoms with van der Waals surface area (Å²) in [6, 6.07) is 7.39. The van der Waals surface area contributed by atoms with E-state index in [-0.39, 0.29) is 5.82 Å². The van der Waals surface area contributed by atoms with Gasteiger partial charge < -0.3 is 5.73 Å². The van der Waals surface area contributed by atoms with E-state index in [0.717, 1.165) is 29.8 Å². The maximum Gasteiger partial charge on any atom is 0.220 e. The molecule has 2 heterocycles. The molecule has 2 N–H and O–H groups in total. The van der Waals surface area contributed by atoms with Crippen molar-refractivity contribution >= 4 is 5.95 Å². The number of hydrogen-bond acceptors (Lipinski definition) is 4. The third kappa shape index (κ3) is 3.73. The predicted molar refractivity (Wildman–Crippen MR) is 102 cm³/mol. The minimum absolute atomic E-state index is 0.238. The number of rotatable bonds is 3. The maximum absolute atomic E-state index is 13.7. The third-order valence-corrected chi connectivity index (χ3v) is 5.90. The molecule has 1 atom stereocenters. The van der Waals surface area contributed by atoms with Crippen molar-refractivity contribution in [3.05, 3.63) is 42.0 Å². The Hall–Kier alpha value is -2.01. The van der Waals surface area contributed by atoms with E-state index in [9.17, 15) is 4.39 Å². The lowest BCUT2D eigenvalue weighted by Crippen LogP contribution is -2.43. The van der Waals surface area contributed by atoms with E-state index in [2.05, 4.69) is 14.9 Å². The van der Waals surface area contributed by atoms with Crippen LogP contribution in [-0.4, -0.2) is 34.0 Å². The SMILES string of the molecule is Nc1ncc(-c2cccc(F)c2)c([C@@H]2CCCN(C3CCCCC3)C2)n1. The molecule has 1 aromatic heterocycles. The highest BCUT2D eigenvalue weighted by molar-refractivity contribution is 5.66. The van der Waals surface area contributed by atoms with Crippen molar-refractivity contribution in [1.29, 1.82) is 0 Å². The molecule has 1 aliphatic carbocycles. The fraction of sp³-hybridized carbons (Fsp3) is 0.524. The van der Waals surface area contributed by atoms with E-state index < -0.39 is 0 Å². The van der Waals surface area contributed by atoms with E-state index >= 15 is 0 Å². The van der Waals surface area contributed by atoms with Gasteiger partial charge in [-0.1, -0.05) is 31.4 Å². The van der Waals surface area contributed by atoms with Gasteiger partial charge in [0.2, 0.25) is 5.95 Å². The summed E-state index contributed by atoms with van der Waals surface area (Å²) >= 11 is 0. The summed E-state index contributed by atoms with van der Waals surface area (Å²) in [6.07, 6.45) is 10.7. The molecule has 1 saturated heterocycles. The Morgan fingerprint density at radius 3 is 2.73 bits per heavy atom. The second-order valence-corrected chi connectivity index (χ2v) is 7.66. The number of likely N-dealkylation sites (tertiary alicyclic amines) is 1. The molecule has 2 aromatic rings. The Labute approximate surface area is 154 Å². The Morgan fingerprint density at radius 1 is 1.08 bits per heavy atom. The van der Waals surface area contributed by atoms with Gasteiger partial charge in [0.25, 0.3) is 0 Å². The topological polar surface area (TPSA) is 55.0 Å². The number of benzene rings is 1. The Bertz CT molecular complexity index is 757. The Balaban J connectivity index is 1.63. The number of hydrogen-bond donors (Lipinski definition) is 1. The van der Waals surface area contributed by atoms with E-state index in [1.165, 1.54) is 51.1 Å². The van der Waals surface area contributed by atoms with Crippen LogP contribution in [0.25, 0.3) is 11.1 Å². The molecule has 0 radical (unpaired) electrons. The third-order valence-electron chi connectivity index (χ3n) is 5.90. The molecule has 0 bridgehead atoms. The summed E-state index contributed by atoms with van der Waals surface area (Å²) in [5.74, 6) is 0.391. The van der Waals surface area contributed by atoms with Crippen LogP contribution < -0.4 is 5.73 Å². The van der Waals surface area contributed by atoms with Gasteiger partial charge in [-0.25, -0.2) is 14.4 Å². The van der Waals surface area contributed by atoms with Gasteiger partial charge in [0.1, 0.15) is 5.82 Å². The molecule has 2 aliphatic rings. The molecule has 1 aliphatic heterocycles. The van der Waals surface area contributed by atoms with Crippen LogP contribution >= 0.6 is 0 Å². The molecule has 4 rings (SSSR count). The number of halogens is 1. The van der Waals surface area contributed by atoms with E-state index in [1.807, 2.05) is 6.07 Å². The van der Waals surface area contributed by atoms with Crippen molar-refractivity contribution in [2.75, 3.05) is 18.8 Å². The van der Waals surface area contributed by atoms with Crippen molar-refractivity contribution in [2.45, 2.75) is 56.9 Å². The molecule has 1 saturated carbocycles. The number of piperidine rings is 1. The molecule has 26 heavy (non-hydrogen) atoms. The highest BCUT2D eigenvalue weighted by atomic mass is 19.1. The molecule has 138 valence electrons. The van der Waals surface area contributed by atoms with Gasteiger partial charge in [0.15, 0.2) is 0 Å². The summed E-state index contributed by atoms with van der Waals surface area (Å²) in [5, 5.41) is 0. The number of nitrogens with two attached hydrogens (primary N) is 1. The highest BCUT2D eigenvalue weighted by Crippen LogP contribution is 2.35. The smallest absolute Gasteiger partial charge is 0.220 e. The quantitative estimate of drug-likeness (QED) is 0.889. The Morgan fingerprint density at radius 2 is 1.92 bits per heavy atom. The highest BCUT2D eigenvalue weighted by Gasteiger charge is 2.30. The van der Waals surface area contributed by atoms with Crippen molar-refractivity contribution < 1.29 is 4.39 Å². The molecule has 0 spiro atoms. The van der Waals surface area contributed by atoms with Gasteiger partial charge in [-0.2, -0.15) is 0 Å². The molecule has 5 heteroatoms. The molecule has 0 unspecified atom stereocenters. The van der Waals surface area contributed by atoms with Gasteiger partial charge in [-0.15, -0.1) is 0 Å². The molecular weight excluding hydrogens is 327 g/mol. The lowest BCUT2D eigenvalue weighted by Gasteiger charge is -2.40. The van der Waals surface area contributed by atoms with Crippen LogP contribution in [0.15, 0.2) is 30.5 Å². The number of aromatic nitrogens is 2. The maximum atomic E-state index is 13.7. The van der Waals surface area contributed by atoms with Crippen LogP contribution in [0.2, 0.25) is 0 Å². The first kappa shape index (κ1) is 17.4. The first-order chi connectivity index (χ1) is 12.7. The second-order valence-electron chi connectivity index (χ2n) is 7.66. The van der Waals surface area contributed by atoms with Crippen LogP contribution in [0.4, 0.5) is 10.3 Å². The lowest BCUT2D eigenvalue weighted by molar-refractivity contribution is 0.118. The minimum Gasteiger partial charge on any atom is -0.368 e. The zero-order chi connectivity index (χ0) is 17.9. The normalized spacial score (nSPS) is 22.4. The van der Waals surface area contributed by atoms with E-state index in [4.69, 9.17) is 5.73 Å². The first-order valence-corrected chi connectivity index (χ1v) is 9.83. The van der Waals surface area contributed by atoms with Crippen LogP contribution in [0.5, 0.6) is 0 Å². The van der Waals surface area contributed by atoms with Gasteiger partial charge in [0.05, 0.1) is 5.69 Å². The van der Waals surface area contributed by atoms with Gasteiger partial charge >= 0.3 is 0 Å². The largest absolute Gasteiger partial charge is 0.368 e. The minimum atomic E-state index is -0.238. The van der Waals surface area contributed by atoms with Gasteiger partial charge in [0, 0.05) is 30.3 Å². The average molecular weight is 354 g/mol. The number of nitrogen functional groups attached to an aromatic ring is 1. The zero-order valence-electron chi connectivity index (χ0n) is 15.2. The molecular formula is C21H27FN4. The van der Waals surface area contributed by atoms with Crippen LogP contribution in [0.1, 0.15) is 56.6 Å². The van der Waals surface area contributed by atoms with Crippen molar-refractivity contribution in [2.24, 2.45) is 0 Å². The van der Waals surface area contributed by atoms with Crippen LogP contribution in [0, 0.1) is 5.82 Å². The molecule has 0 amide bonds. The van der Waals surface area contributed by atoms with E-state index in [1.54, 1.807) is 18.3 Å². The predicted octanol–water partition coefficient (Wildman–Crippen LogP) is 4.38. The van der Waals surface area contributed by atoms with Crippen molar-refractivity contribution in [3.63, 3.8) is 0 Å². The fourth-order valence-electron chi connectivity index (χ4n) is 4.61. The lowest BCUT2D eigenvalue weighted by atomic mass is 9.87. The van der Waals surface area contributed by atoms with Gasteiger partial charge in [-0.3, -0.25) is 4.90 Å². The van der Waals surface area contributed by atoms with E-state index in [0.29, 0.717) is 17.9 Å². The van der Waals surface area contributed by atoms with Crippen molar-refractivity contribution in [1.82, 2.24) is 14.9 Å². The Kier molecular flexibility index (Phi) is 5.16. The number of nitrogens with zero attached hydrogens (tertiary/aromatic N) is 3. The molecule has 2 fully saturated rings. The van der Waals surface area contributed by atoms with Crippen molar-refractivity contribution in [3.8, 4) is 11.1 Å². The monoisotopic (exact) mass is 354 g/mol. The molecule has 4 nitrogen and oxygen atoms in total. The second kappa shape index (κ2) is 7.70.